The summed E-state index contributed by atoms with van der Waals surface area (Å²) in [6.07, 6.45) is -3.29. The first-order chi connectivity index (χ1) is 7.38. The van der Waals surface area contributed by atoms with Gasteiger partial charge in [-0.25, -0.2) is 0 Å². The third-order valence-electron chi connectivity index (χ3n) is 3.45. The third kappa shape index (κ3) is 1.99. The Kier molecular flexibility index (Phi) is 2.81. The minimum Gasteiger partial charge on any atom is -0.166 e. The van der Waals surface area contributed by atoms with E-state index in [-0.39, 0.29) is 5.41 Å². The van der Waals surface area contributed by atoms with Crippen LogP contribution in [0, 0.1) is 5.92 Å². The fourth-order valence-corrected chi connectivity index (χ4v) is 3.03. The SMILES string of the molecule is CC1(c2cccc(C(F)(F)F)c2)CC1CBr. The van der Waals surface area contributed by atoms with Gasteiger partial charge in [0.1, 0.15) is 0 Å². The van der Waals surface area contributed by atoms with Gasteiger partial charge in [-0.15, -0.1) is 0 Å². The summed E-state index contributed by atoms with van der Waals surface area (Å²) < 4.78 is 37.6. The molecule has 2 atom stereocenters. The second kappa shape index (κ2) is 3.76. The maximum atomic E-state index is 12.5. The van der Waals surface area contributed by atoms with Crippen molar-refractivity contribution in [2.45, 2.75) is 24.9 Å². The number of rotatable bonds is 2. The van der Waals surface area contributed by atoms with E-state index in [0.717, 1.165) is 23.4 Å². The summed E-state index contributed by atoms with van der Waals surface area (Å²) in [4.78, 5) is 0. The summed E-state index contributed by atoms with van der Waals surface area (Å²) in [7, 11) is 0. The molecule has 0 amide bonds. The molecule has 2 unspecified atom stereocenters. The minimum atomic E-state index is -4.24. The molecule has 1 aliphatic carbocycles. The molecule has 4 heteroatoms. The Morgan fingerprint density at radius 3 is 2.62 bits per heavy atom. The lowest BCUT2D eigenvalue weighted by atomic mass is 9.94. The van der Waals surface area contributed by atoms with Crippen LogP contribution in [0.5, 0.6) is 0 Å². The van der Waals surface area contributed by atoms with Crippen molar-refractivity contribution >= 4 is 15.9 Å². The van der Waals surface area contributed by atoms with Crippen molar-refractivity contribution in [1.82, 2.24) is 0 Å². The molecule has 0 bridgehead atoms. The van der Waals surface area contributed by atoms with E-state index in [1.54, 1.807) is 6.07 Å². The molecule has 0 nitrogen and oxygen atoms in total. The normalized spacial score (nSPS) is 29.2. The van der Waals surface area contributed by atoms with Gasteiger partial charge in [0, 0.05) is 5.33 Å². The van der Waals surface area contributed by atoms with Crippen LogP contribution in [0.2, 0.25) is 0 Å². The minimum absolute atomic E-state index is 0.0786. The van der Waals surface area contributed by atoms with Crippen LogP contribution in [0.25, 0.3) is 0 Å². The number of hydrogen-bond donors (Lipinski definition) is 0. The Morgan fingerprint density at radius 1 is 1.44 bits per heavy atom. The highest BCUT2D eigenvalue weighted by Crippen LogP contribution is 2.55. The molecule has 1 saturated carbocycles. The number of hydrogen-bond acceptors (Lipinski definition) is 0. The molecule has 0 spiro atoms. The zero-order chi connectivity index (χ0) is 12.0. The fourth-order valence-electron chi connectivity index (χ4n) is 2.08. The lowest BCUT2D eigenvalue weighted by Gasteiger charge is -2.14. The van der Waals surface area contributed by atoms with E-state index in [0.29, 0.717) is 5.92 Å². The second-order valence-corrected chi connectivity index (χ2v) is 5.20. The summed E-state index contributed by atoms with van der Waals surface area (Å²) >= 11 is 3.38. The smallest absolute Gasteiger partial charge is 0.166 e. The van der Waals surface area contributed by atoms with Gasteiger partial charge in [0.2, 0.25) is 0 Å². The highest BCUT2D eigenvalue weighted by molar-refractivity contribution is 9.09. The average Bonchev–Trinajstić information content (AvgIpc) is 2.90. The van der Waals surface area contributed by atoms with Gasteiger partial charge in [0.05, 0.1) is 5.56 Å². The van der Waals surface area contributed by atoms with Gasteiger partial charge in [-0.2, -0.15) is 13.2 Å². The van der Waals surface area contributed by atoms with Crippen LogP contribution in [0.15, 0.2) is 24.3 Å². The maximum absolute atomic E-state index is 12.5. The molecule has 0 aliphatic heterocycles. The largest absolute Gasteiger partial charge is 0.416 e. The van der Waals surface area contributed by atoms with Gasteiger partial charge >= 0.3 is 6.18 Å². The predicted molar refractivity (Wildman–Crippen MR) is 60.7 cm³/mol. The van der Waals surface area contributed by atoms with Gasteiger partial charge in [0.25, 0.3) is 0 Å². The van der Waals surface area contributed by atoms with Crippen molar-refractivity contribution in [3.8, 4) is 0 Å². The molecule has 1 aromatic rings. The highest BCUT2D eigenvalue weighted by atomic mass is 79.9. The molecule has 0 heterocycles. The first kappa shape index (κ1) is 12.0. The summed E-state index contributed by atoms with van der Waals surface area (Å²) in [6.45, 7) is 2.02. The standard InChI is InChI=1S/C12H12BrF3/c1-11(6-10(11)7-13)8-3-2-4-9(5-8)12(14,15)16/h2-5,10H,6-7H2,1H3. The topological polar surface area (TPSA) is 0 Å². The molecule has 1 aromatic carbocycles. The summed E-state index contributed by atoms with van der Waals surface area (Å²) in [5.74, 6) is 0.455. The monoisotopic (exact) mass is 292 g/mol. The van der Waals surface area contributed by atoms with Crippen LogP contribution in [0.4, 0.5) is 13.2 Å². The second-order valence-electron chi connectivity index (χ2n) is 4.55. The van der Waals surface area contributed by atoms with Gasteiger partial charge < -0.3 is 0 Å². The van der Waals surface area contributed by atoms with Gasteiger partial charge in [-0.1, -0.05) is 41.1 Å². The Bertz CT molecular complexity index is 399. The molecule has 0 N–H and O–H groups in total. The highest BCUT2D eigenvalue weighted by Gasteiger charge is 2.50. The molecule has 88 valence electrons. The average molecular weight is 293 g/mol. The molecule has 2 rings (SSSR count). The van der Waals surface area contributed by atoms with Crippen LogP contribution in [0.3, 0.4) is 0 Å². The van der Waals surface area contributed by atoms with E-state index in [1.165, 1.54) is 12.1 Å². The Hall–Kier alpha value is -0.510. The Balaban J connectivity index is 2.31. The van der Waals surface area contributed by atoms with Crippen LogP contribution in [-0.2, 0) is 11.6 Å². The van der Waals surface area contributed by atoms with Gasteiger partial charge in [0.15, 0.2) is 0 Å². The van der Waals surface area contributed by atoms with Crippen molar-refractivity contribution < 1.29 is 13.2 Å². The first-order valence-electron chi connectivity index (χ1n) is 5.11. The van der Waals surface area contributed by atoms with E-state index in [4.69, 9.17) is 0 Å². The van der Waals surface area contributed by atoms with Crippen molar-refractivity contribution in [3.63, 3.8) is 0 Å². The summed E-state index contributed by atoms with van der Waals surface area (Å²) in [5.41, 5.74) is 0.170. The molecular formula is C12H12BrF3. The summed E-state index contributed by atoms with van der Waals surface area (Å²) in [6, 6.07) is 5.69. The lowest BCUT2D eigenvalue weighted by Crippen LogP contribution is -2.10. The molecule has 16 heavy (non-hydrogen) atoms. The summed E-state index contributed by atoms with van der Waals surface area (Å²) in [5, 5.41) is 0.847. The van der Waals surface area contributed by atoms with Crippen LogP contribution >= 0.6 is 15.9 Å². The van der Waals surface area contributed by atoms with Crippen LogP contribution < -0.4 is 0 Å². The van der Waals surface area contributed by atoms with Crippen molar-refractivity contribution in [2.24, 2.45) is 5.92 Å². The van der Waals surface area contributed by atoms with Crippen LogP contribution in [0.1, 0.15) is 24.5 Å². The predicted octanol–water partition coefficient (Wildman–Crippen LogP) is 4.38. The molecule has 0 aromatic heterocycles. The molecular weight excluding hydrogens is 281 g/mol. The van der Waals surface area contributed by atoms with Crippen molar-refractivity contribution in [2.75, 3.05) is 5.33 Å². The number of halogens is 4. The molecule has 1 fully saturated rings. The number of alkyl halides is 4. The zero-order valence-electron chi connectivity index (χ0n) is 8.81. The van der Waals surface area contributed by atoms with Gasteiger partial charge in [-0.05, 0) is 29.4 Å². The van der Waals surface area contributed by atoms with E-state index in [1.807, 2.05) is 6.92 Å². The lowest BCUT2D eigenvalue weighted by molar-refractivity contribution is -0.137. The Labute approximate surface area is 101 Å². The zero-order valence-corrected chi connectivity index (χ0v) is 10.4. The maximum Gasteiger partial charge on any atom is 0.416 e. The first-order valence-corrected chi connectivity index (χ1v) is 6.24. The van der Waals surface area contributed by atoms with Gasteiger partial charge in [-0.3, -0.25) is 0 Å². The Morgan fingerprint density at radius 2 is 2.12 bits per heavy atom. The molecule has 0 radical (unpaired) electrons. The van der Waals surface area contributed by atoms with Crippen molar-refractivity contribution in [3.05, 3.63) is 35.4 Å². The van der Waals surface area contributed by atoms with E-state index < -0.39 is 11.7 Å². The number of benzene rings is 1. The third-order valence-corrected chi connectivity index (χ3v) is 4.23. The molecule has 1 aliphatic rings. The van der Waals surface area contributed by atoms with Crippen LogP contribution in [-0.4, -0.2) is 5.33 Å². The molecule has 0 saturated heterocycles. The quantitative estimate of drug-likeness (QED) is 0.710. The van der Waals surface area contributed by atoms with Crippen molar-refractivity contribution in [1.29, 1.82) is 0 Å². The van der Waals surface area contributed by atoms with E-state index >= 15 is 0 Å². The van der Waals surface area contributed by atoms with E-state index in [9.17, 15) is 13.2 Å². The fraction of sp³-hybridized carbons (Fsp3) is 0.500. The van der Waals surface area contributed by atoms with E-state index in [2.05, 4.69) is 15.9 Å².